The van der Waals surface area contributed by atoms with Gasteiger partial charge in [0.1, 0.15) is 0 Å². The topological polar surface area (TPSA) is 55.1 Å². The summed E-state index contributed by atoms with van der Waals surface area (Å²) in [5.41, 5.74) is 6.02. The zero-order valence-electron chi connectivity index (χ0n) is 7.96. The zero-order chi connectivity index (χ0) is 11.3. The number of amides is 1. The first-order valence-electron chi connectivity index (χ1n) is 4.40. The fourth-order valence-corrected chi connectivity index (χ4v) is 2.28. The van der Waals surface area contributed by atoms with Crippen LogP contribution in [0.1, 0.15) is 23.2 Å². The van der Waals surface area contributed by atoms with Crippen molar-refractivity contribution >= 4 is 50.4 Å². The summed E-state index contributed by atoms with van der Waals surface area (Å²) in [6.07, 6.45) is 1.45. The molecular formula is C9H11BrN2OS2. The molecule has 0 atom stereocenters. The van der Waals surface area contributed by atoms with E-state index in [0.717, 1.165) is 10.2 Å². The molecule has 0 spiro atoms. The molecule has 0 aliphatic rings. The van der Waals surface area contributed by atoms with E-state index in [2.05, 4.69) is 21.2 Å². The normalized spacial score (nSPS) is 9.93. The summed E-state index contributed by atoms with van der Waals surface area (Å²) in [4.78, 5) is 12.0. The average Bonchev–Trinajstić information content (AvgIpc) is 2.59. The van der Waals surface area contributed by atoms with Crippen molar-refractivity contribution in [1.29, 1.82) is 0 Å². The van der Waals surface area contributed by atoms with Crippen LogP contribution in [-0.2, 0) is 0 Å². The Morgan fingerprint density at radius 1 is 1.67 bits per heavy atom. The number of carbonyl (C=O) groups excluding carboxylic acids is 1. The average molecular weight is 307 g/mol. The van der Waals surface area contributed by atoms with Gasteiger partial charge < -0.3 is 11.1 Å². The molecule has 0 bridgehead atoms. The molecule has 15 heavy (non-hydrogen) atoms. The number of thiocarbonyl (C=S) groups is 1. The van der Waals surface area contributed by atoms with E-state index in [-0.39, 0.29) is 5.91 Å². The molecule has 3 nitrogen and oxygen atoms in total. The molecule has 0 saturated heterocycles. The molecule has 0 saturated carbocycles. The van der Waals surface area contributed by atoms with Gasteiger partial charge in [-0.3, -0.25) is 4.79 Å². The summed E-state index contributed by atoms with van der Waals surface area (Å²) >= 11 is 9.53. The minimum atomic E-state index is -0.0557. The van der Waals surface area contributed by atoms with E-state index in [9.17, 15) is 4.79 Å². The predicted molar refractivity (Wildman–Crippen MR) is 70.4 cm³/mol. The van der Waals surface area contributed by atoms with Gasteiger partial charge in [-0.1, -0.05) is 12.2 Å². The molecule has 0 aliphatic heterocycles. The van der Waals surface area contributed by atoms with E-state index in [0.29, 0.717) is 23.5 Å². The van der Waals surface area contributed by atoms with Gasteiger partial charge in [-0.25, -0.2) is 0 Å². The van der Waals surface area contributed by atoms with Gasteiger partial charge in [0, 0.05) is 11.9 Å². The van der Waals surface area contributed by atoms with Gasteiger partial charge in [0.2, 0.25) is 0 Å². The molecule has 0 fully saturated rings. The number of nitrogens with two attached hydrogens (primary N) is 1. The maximum atomic E-state index is 11.5. The molecule has 1 rings (SSSR count). The fourth-order valence-electron chi connectivity index (χ4n) is 0.996. The second-order valence-corrected chi connectivity index (χ2v) is 5.78. The van der Waals surface area contributed by atoms with Crippen molar-refractivity contribution < 1.29 is 4.79 Å². The summed E-state index contributed by atoms with van der Waals surface area (Å²) in [5.74, 6) is -0.0557. The van der Waals surface area contributed by atoms with Crippen molar-refractivity contribution in [3.05, 3.63) is 20.8 Å². The monoisotopic (exact) mass is 306 g/mol. The quantitative estimate of drug-likeness (QED) is 0.648. The minimum Gasteiger partial charge on any atom is -0.393 e. The van der Waals surface area contributed by atoms with Crippen molar-refractivity contribution in [1.82, 2.24) is 5.32 Å². The minimum absolute atomic E-state index is 0.0557. The molecule has 0 unspecified atom stereocenters. The standard InChI is InChI=1S/C9H11BrN2OS2/c10-7-4-6(5-15-7)9(13)12-3-1-2-8(11)14/h4-5H,1-3H2,(H2,11,14)(H,12,13). The lowest BCUT2D eigenvalue weighted by Gasteiger charge is -2.02. The highest BCUT2D eigenvalue weighted by Crippen LogP contribution is 2.20. The first-order valence-corrected chi connectivity index (χ1v) is 6.48. The Balaban J connectivity index is 2.28. The van der Waals surface area contributed by atoms with Crippen LogP contribution in [0.4, 0.5) is 0 Å². The maximum absolute atomic E-state index is 11.5. The highest BCUT2D eigenvalue weighted by atomic mass is 79.9. The van der Waals surface area contributed by atoms with Gasteiger partial charge in [-0.05, 0) is 34.8 Å². The molecule has 1 heterocycles. The maximum Gasteiger partial charge on any atom is 0.252 e. The Hall–Kier alpha value is -0.460. The molecular weight excluding hydrogens is 296 g/mol. The van der Waals surface area contributed by atoms with Crippen molar-refractivity contribution in [3.8, 4) is 0 Å². The Morgan fingerprint density at radius 3 is 2.93 bits per heavy atom. The zero-order valence-corrected chi connectivity index (χ0v) is 11.2. The van der Waals surface area contributed by atoms with Crippen LogP contribution < -0.4 is 11.1 Å². The van der Waals surface area contributed by atoms with Crippen LogP contribution in [0, 0.1) is 0 Å². The molecule has 3 N–H and O–H groups in total. The van der Waals surface area contributed by atoms with Crippen molar-refractivity contribution in [2.75, 3.05) is 6.54 Å². The van der Waals surface area contributed by atoms with E-state index in [4.69, 9.17) is 18.0 Å². The SMILES string of the molecule is NC(=S)CCCNC(=O)c1csc(Br)c1. The van der Waals surface area contributed by atoms with E-state index < -0.39 is 0 Å². The van der Waals surface area contributed by atoms with E-state index in [1.54, 1.807) is 6.07 Å². The van der Waals surface area contributed by atoms with Gasteiger partial charge in [0.15, 0.2) is 0 Å². The third kappa shape index (κ3) is 4.72. The highest BCUT2D eigenvalue weighted by molar-refractivity contribution is 9.11. The molecule has 6 heteroatoms. The number of rotatable bonds is 5. The lowest BCUT2D eigenvalue weighted by atomic mass is 10.3. The van der Waals surface area contributed by atoms with Crippen LogP contribution in [0.3, 0.4) is 0 Å². The Morgan fingerprint density at radius 2 is 2.40 bits per heavy atom. The Labute approximate surface area is 106 Å². The summed E-state index contributed by atoms with van der Waals surface area (Å²) in [6, 6.07) is 1.80. The number of nitrogens with one attached hydrogen (secondary N) is 1. The summed E-state index contributed by atoms with van der Waals surface area (Å²) < 4.78 is 0.954. The molecule has 1 aromatic rings. The Kier molecular flexibility index (Phi) is 5.21. The van der Waals surface area contributed by atoms with Crippen LogP contribution in [0.15, 0.2) is 15.2 Å². The number of halogens is 1. The summed E-state index contributed by atoms with van der Waals surface area (Å²) in [5, 5.41) is 4.61. The molecule has 1 amide bonds. The van der Waals surface area contributed by atoms with Crippen LogP contribution in [0.2, 0.25) is 0 Å². The van der Waals surface area contributed by atoms with Crippen LogP contribution in [0.5, 0.6) is 0 Å². The predicted octanol–water partition coefficient (Wildman–Crippen LogP) is 2.31. The number of hydrogen-bond donors (Lipinski definition) is 2. The third-order valence-electron chi connectivity index (χ3n) is 1.72. The lowest BCUT2D eigenvalue weighted by Crippen LogP contribution is -2.24. The summed E-state index contributed by atoms with van der Waals surface area (Å²) in [7, 11) is 0. The van der Waals surface area contributed by atoms with E-state index in [1.165, 1.54) is 11.3 Å². The van der Waals surface area contributed by atoms with Crippen LogP contribution in [-0.4, -0.2) is 17.4 Å². The Bertz CT molecular complexity index is 365. The molecule has 82 valence electrons. The van der Waals surface area contributed by atoms with Crippen molar-refractivity contribution in [3.63, 3.8) is 0 Å². The van der Waals surface area contributed by atoms with E-state index >= 15 is 0 Å². The van der Waals surface area contributed by atoms with Gasteiger partial charge in [0.25, 0.3) is 5.91 Å². The van der Waals surface area contributed by atoms with Crippen LogP contribution in [0.25, 0.3) is 0 Å². The molecule has 0 aromatic carbocycles. The fraction of sp³-hybridized carbons (Fsp3) is 0.333. The highest BCUT2D eigenvalue weighted by Gasteiger charge is 2.06. The molecule has 0 aliphatic carbocycles. The molecule has 0 radical (unpaired) electrons. The third-order valence-corrected chi connectivity index (χ3v) is 3.42. The number of carbonyl (C=O) groups is 1. The first kappa shape index (κ1) is 12.6. The van der Waals surface area contributed by atoms with Gasteiger partial charge >= 0.3 is 0 Å². The second kappa shape index (κ2) is 6.19. The van der Waals surface area contributed by atoms with Gasteiger partial charge in [-0.2, -0.15) is 0 Å². The van der Waals surface area contributed by atoms with Crippen LogP contribution >= 0.6 is 39.5 Å². The number of hydrogen-bond acceptors (Lipinski definition) is 3. The number of thiophene rings is 1. The molecule has 1 aromatic heterocycles. The largest absolute Gasteiger partial charge is 0.393 e. The second-order valence-electron chi connectivity index (χ2n) is 2.97. The smallest absolute Gasteiger partial charge is 0.252 e. The van der Waals surface area contributed by atoms with Crippen molar-refractivity contribution in [2.45, 2.75) is 12.8 Å². The van der Waals surface area contributed by atoms with Gasteiger partial charge in [-0.15, -0.1) is 11.3 Å². The van der Waals surface area contributed by atoms with Gasteiger partial charge in [0.05, 0.1) is 14.3 Å². The van der Waals surface area contributed by atoms with Crippen molar-refractivity contribution in [2.24, 2.45) is 5.73 Å². The first-order chi connectivity index (χ1) is 7.09. The lowest BCUT2D eigenvalue weighted by molar-refractivity contribution is 0.0954. The summed E-state index contributed by atoms with van der Waals surface area (Å²) in [6.45, 7) is 0.601. The van der Waals surface area contributed by atoms with E-state index in [1.807, 2.05) is 5.38 Å².